The van der Waals surface area contributed by atoms with Crippen molar-refractivity contribution >= 4 is 28.1 Å². The Morgan fingerprint density at radius 3 is 2.32 bits per heavy atom. The second-order valence-corrected chi connectivity index (χ2v) is 23.4. The number of allylic oxidation sites excluding steroid dienone is 2. The van der Waals surface area contributed by atoms with Crippen LogP contribution in [0.2, 0.25) is 39.3 Å². The van der Waals surface area contributed by atoms with Gasteiger partial charge in [0, 0.05) is 12.0 Å². The van der Waals surface area contributed by atoms with Crippen molar-refractivity contribution in [1.82, 2.24) is 0 Å². The maximum absolute atomic E-state index is 7.17. The van der Waals surface area contributed by atoms with E-state index in [0.717, 1.165) is 37.1 Å². The van der Waals surface area contributed by atoms with Crippen LogP contribution in [0.1, 0.15) is 58.8 Å². The molecular formula is C29H52N2O4Si2. The molecule has 4 aliphatic carbocycles. The number of fused-ring (bicyclic) bond motifs is 5. The molecule has 6 nitrogen and oxygen atoms in total. The summed E-state index contributed by atoms with van der Waals surface area (Å²) >= 11 is 0. The van der Waals surface area contributed by atoms with Gasteiger partial charge in [0.25, 0.3) is 0 Å². The van der Waals surface area contributed by atoms with E-state index in [1.165, 1.54) is 19.3 Å². The van der Waals surface area contributed by atoms with Crippen molar-refractivity contribution in [3.8, 4) is 0 Å². The molecule has 0 aliphatic heterocycles. The SMILES string of the molecule is CO/N=C(\CO[Si](C)(C)C)[C@H]1CC[C@H]2[C@@H]3CCC4=C/C(=N/OC)CC[C@]4(C)[C@H]3C(O[Si](C)(C)C)C[C@]12C. The van der Waals surface area contributed by atoms with Crippen LogP contribution in [0.25, 0.3) is 0 Å². The van der Waals surface area contributed by atoms with Crippen LogP contribution >= 0.6 is 0 Å². The Balaban J connectivity index is 1.71. The molecule has 0 spiro atoms. The molecule has 3 fully saturated rings. The molecule has 0 aromatic rings. The Hall–Kier alpha value is -0.966. The molecule has 7 atom stereocenters. The Labute approximate surface area is 227 Å². The van der Waals surface area contributed by atoms with Gasteiger partial charge in [0.1, 0.15) is 14.2 Å². The third-order valence-electron chi connectivity index (χ3n) is 9.86. The van der Waals surface area contributed by atoms with Crippen LogP contribution in [0.15, 0.2) is 22.0 Å². The number of hydrogen-bond acceptors (Lipinski definition) is 6. The first-order chi connectivity index (χ1) is 17.2. The highest BCUT2D eigenvalue weighted by Crippen LogP contribution is 2.67. The van der Waals surface area contributed by atoms with Gasteiger partial charge in [-0.2, -0.15) is 0 Å². The van der Waals surface area contributed by atoms with Crippen molar-refractivity contribution in [3.05, 3.63) is 11.6 Å². The minimum Gasteiger partial charge on any atom is -0.414 e. The van der Waals surface area contributed by atoms with Crippen LogP contribution in [0, 0.1) is 34.5 Å². The van der Waals surface area contributed by atoms with Crippen LogP contribution in [0.5, 0.6) is 0 Å². The predicted molar refractivity (Wildman–Crippen MR) is 157 cm³/mol. The molecule has 1 unspecified atom stereocenters. The van der Waals surface area contributed by atoms with E-state index in [-0.39, 0.29) is 16.9 Å². The van der Waals surface area contributed by atoms with Gasteiger partial charge in [-0.05, 0) is 119 Å². The van der Waals surface area contributed by atoms with Crippen LogP contribution in [0.3, 0.4) is 0 Å². The Morgan fingerprint density at radius 1 is 0.973 bits per heavy atom. The van der Waals surface area contributed by atoms with Crippen molar-refractivity contribution in [2.24, 2.45) is 44.8 Å². The fourth-order valence-corrected chi connectivity index (χ4v) is 10.3. The third-order valence-corrected chi connectivity index (χ3v) is 11.9. The molecule has 0 amide bonds. The maximum Gasteiger partial charge on any atom is 0.184 e. The van der Waals surface area contributed by atoms with E-state index in [1.807, 2.05) is 0 Å². The van der Waals surface area contributed by atoms with Gasteiger partial charge in [-0.25, -0.2) is 0 Å². The average molecular weight is 549 g/mol. The first-order valence-electron chi connectivity index (χ1n) is 14.4. The molecule has 210 valence electrons. The van der Waals surface area contributed by atoms with Gasteiger partial charge in [-0.15, -0.1) is 0 Å². The highest BCUT2D eigenvalue weighted by atomic mass is 28.4. The molecular weight excluding hydrogens is 497 g/mol. The van der Waals surface area contributed by atoms with E-state index in [4.69, 9.17) is 18.5 Å². The summed E-state index contributed by atoms with van der Waals surface area (Å²) in [4.78, 5) is 10.6. The largest absolute Gasteiger partial charge is 0.414 e. The van der Waals surface area contributed by atoms with Crippen molar-refractivity contribution < 1.29 is 18.5 Å². The molecule has 0 saturated heterocycles. The van der Waals surface area contributed by atoms with Gasteiger partial charge in [0.2, 0.25) is 0 Å². The summed E-state index contributed by atoms with van der Waals surface area (Å²) in [6.45, 7) is 19.5. The van der Waals surface area contributed by atoms with Gasteiger partial charge in [0.05, 0.1) is 18.0 Å². The Morgan fingerprint density at radius 2 is 1.70 bits per heavy atom. The Kier molecular flexibility index (Phi) is 8.27. The lowest BCUT2D eigenvalue weighted by Crippen LogP contribution is -2.59. The molecule has 0 N–H and O–H groups in total. The van der Waals surface area contributed by atoms with E-state index in [9.17, 15) is 0 Å². The van der Waals surface area contributed by atoms with E-state index < -0.39 is 16.6 Å². The fourth-order valence-electron chi connectivity index (χ4n) is 8.56. The first-order valence-corrected chi connectivity index (χ1v) is 21.3. The van der Waals surface area contributed by atoms with Crippen molar-refractivity contribution in [2.45, 2.75) is 104 Å². The molecule has 4 rings (SSSR count). The molecule has 0 radical (unpaired) electrons. The second kappa shape index (κ2) is 10.5. The van der Waals surface area contributed by atoms with Crippen LogP contribution < -0.4 is 0 Å². The molecule has 8 heteroatoms. The normalized spacial score (nSPS) is 39.5. The number of nitrogens with zero attached hydrogens (tertiary/aromatic N) is 2. The number of rotatable bonds is 8. The molecule has 4 aliphatic rings. The quantitative estimate of drug-likeness (QED) is 0.182. The lowest BCUT2D eigenvalue weighted by Gasteiger charge is -2.61. The van der Waals surface area contributed by atoms with Crippen LogP contribution in [-0.4, -0.2) is 55.0 Å². The minimum absolute atomic E-state index is 0.153. The fraction of sp³-hybridized carbons (Fsp3) is 0.862. The maximum atomic E-state index is 7.17. The van der Waals surface area contributed by atoms with Gasteiger partial charge >= 0.3 is 0 Å². The highest BCUT2D eigenvalue weighted by Gasteiger charge is 2.63. The highest BCUT2D eigenvalue weighted by molar-refractivity contribution is 6.70. The summed E-state index contributed by atoms with van der Waals surface area (Å²) < 4.78 is 13.6. The first kappa shape index (κ1) is 29.0. The summed E-state index contributed by atoms with van der Waals surface area (Å²) in [5.41, 5.74) is 4.11. The number of hydrogen-bond donors (Lipinski definition) is 0. The van der Waals surface area contributed by atoms with E-state index in [1.54, 1.807) is 19.8 Å². The summed E-state index contributed by atoms with van der Waals surface area (Å²) in [5, 5.41) is 8.92. The molecule has 0 aromatic heterocycles. The van der Waals surface area contributed by atoms with E-state index in [0.29, 0.717) is 30.3 Å². The summed E-state index contributed by atoms with van der Waals surface area (Å²) in [5.74, 6) is 2.31. The standard InChI is InChI=1S/C29H52N2O4Si2/c1-28-16-15-21(30-32-3)17-20(28)11-12-22-23-13-14-24(25(31-33-4)19-34-36(5,6)7)29(23,2)18-26(27(22)28)35-37(8,9)10/h17,22-24,26-27H,11-16,18-19H2,1-10H3/b30-21+,31-25+/t22-,23-,24+,26?,27+,28-,29-/m0/s1. The molecule has 0 aromatic carbocycles. The zero-order chi connectivity index (χ0) is 27.2. The molecule has 0 bridgehead atoms. The van der Waals surface area contributed by atoms with Gasteiger partial charge in [0.15, 0.2) is 16.6 Å². The van der Waals surface area contributed by atoms with Crippen molar-refractivity contribution in [2.75, 3.05) is 20.8 Å². The average Bonchev–Trinajstić information content (AvgIpc) is 3.11. The van der Waals surface area contributed by atoms with Gasteiger partial charge in [-0.3, -0.25) is 0 Å². The predicted octanol–water partition coefficient (Wildman–Crippen LogP) is 7.25. The summed E-state index contributed by atoms with van der Waals surface area (Å²) in [6, 6.07) is 0. The van der Waals surface area contributed by atoms with Gasteiger partial charge in [-0.1, -0.05) is 29.7 Å². The van der Waals surface area contributed by atoms with E-state index >= 15 is 0 Å². The number of oxime groups is 2. The summed E-state index contributed by atoms with van der Waals surface area (Å²) in [7, 11) is -0.0849. The third kappa shape index (κ3) is 5.82. The smallest absolute Gasteiger partial charge is 0.184 e. The topological polar surface area (TPSA) is 61.6 Å². The van der Waals surface area contributed by atoms with Crippen molar-refractivity contribution in [1.29, 1.82) is 0 Å². The minimum atomic E-state index is -1.76. The zero-order valence-corrected chi connectivity index (χ0v) is 27.1. The van der Waals surface area contributed by atoms with Crippen LogP contribution in [-0.2, 0) is 18.5 Å². The summed E-state index contributed by atoms with van der Waals surface area (Å²) in [6.07, 6.45) is 10.7. The second-order valence-electron chi connectivity index (χ2n) is 14.5. The molecule has 3 saturated carbocycles. The zero-order valence-electron chi connectivity index (χ0n) is 25.1. The lowest BCUT2D eigenvalue weighted by atomic mass is 9.46. The van der Waals surface area contributed by atoms with Crippen molar-refractivity contribution in [3.63, 3.8) is 0 Å². The monoisotopic (exact) mass is 548 g/mol. The van der Waals surface area contributed by atoms with E-state index in [2.05, 4.69) is 69.5 Å². The van der Waals surface area contributed by atoms with Gasteiger partial charge < -0.3 is 18.5 Å². The Bertz CT molecular complexity index is 937. The molecule has 0 heterocycles. The lowest BCUT2D eigenvalue weighted by molar-refractivity contribution is -0.114. The van der Waals surface area contributed by atoms with Crippen LogP contribution in [0.4, 0.5) is 0 Å². The molecule has 37 heavy (non-hydrogen) atoms.